The highest BCUT2D eigenvalue weighted by molar-refractivity contribution is 5.92. The first kappa shape index (κ1) is 15.4. The van der Waals surface area contributed by atoms with E-state index in [1.165, 1.54) is 0 Å². The van der Waals surface area contributed by atoms with Crippen LogP contribution in [-0.2, 0) is 0 Å². The molecule has 0 aliphatic rings. The van der Waals surface area contributed by atoms with Crippen molar-refractivity contribution in [3.63, 3.8) is 0 Å². The average molecular weight is 264 g/mol. The van der Waals surface area contributed by atoms with Gasteiger partial charge in [-0.3, -0.25) is 4.79 Å². The Bertz CT molecular complexity index is 395. The highest BCUT2D eigenvalue weighted by Crippen LogP contribution is 2.09. The van der Waals surface area contributed by atoms with Crippen LogP contribution < -0.4 is 16.6 Å². The number of carbonyl (C=O) groups is 1. The SMILES string of the molecule is CCCCC(CCC)NC(=O)c1cccc(NN)n1. The van der Waals surface area contributed by atoms with Crippen LogP contribution >= 0.6 is 0 Å². The smallest absolute Gasteiger partial charge is 0.270 e. The number of nitrogens with one attached hydrogen (secondary N) is 2. The maximum Gasteiger partial charge on any atom is 0.270 e. The van der Waals surface area contributed by atoms with Gasteiger partial charge in [0.25, 0.3) is 5.91 Å². The largest absolute Gasteiger partial charge is 0.348 e. The minimum atomic E-state index is -0.133. The fourth-order valence-electron chi connectivity index (χ4n) is 1.99. The van der Waals surface area contributed by atoms with Crippen LogP contribution in [0, 0.1) is 0 Å². The van der Waals surface area contributed by atoms with Crippen molar-refractivity contribution in [1.82, 2.24) is 10.3 Å². The highest BCUT2D eigenvalue weighted by Gasteiger charge is 2.13. The van der Waals surface area contributed by atoms with E-state index in [1.807, 2.05) is 0 Å². The minimum absolute atomic E-state index is 0.133. The average Bonchev–Trinajstić information content (AvgIpc) is 2.45. The van der Waals surface area contributed by atoms with E-state index in [0.29, 0.717) is 11.5 Å². The van der Waals surface area contributed by atoms with Gasteiger partial charge in [0.2, 0.25) is 0 Å². The van der Waals surface area contributed by atoms with Gasteiger partial charge in [0, 0.05) is 6.04 Å². The molecule has 0 spiro atoms. The van der Waals surface area contributed by atoms with Gasteiger partial charge in [0.05, 0.1) is 0 Å². The lowest BCUT2D eigenvalue weighted by atomic mass is 10.0. The molecular formula is C14H24N4O. The van der Waals surface area contributed by atoms with Gasteiger partial charge in [0.1, 0.15) is 11.5 Å². The summed E-state index contributed by atoms with van der Waals surface area (Å²) in [6.07, 6.45) is 5.35. The van der Waals surface area contributed by atoms with Crippen molar-refractivity contribution >= 4 is 11.7 Å². The second-order valence-corrected chi connectivity index (χ2v) is 4.65. The standard InChI is InChI=1S/C14H24N4O/c1-3-5-8-11(7-4-2)16-14(19)12-9-6-10-13(17-12)18-15/h6,9-11H,3-5,7-8,15H2,1-2H3,(H,16,19)(H,17,18). The van der Waals surface area contributed by atoms with Crippen molar-refractivity contribution in [2.24, 2.45) is 5.84 Å². The molecule has 0 saturated heterocycles. The fraction of sp³-hybridized carbons (Fsp3) is 0.571. The molecule has 1 heterocycles. The van der Waals surface area contributed by atoms with E-state index in [4.69, 9.17) is 5.84 Å². The van der Waals surface area contributed by atoms with Crippen LogP contribution in [0.1, 0.15) is 56.4 Å². The summed E-state index contributed by atoms with van der Waals surface area (Å²) in [5.41, 5.74) is 2.84. The first-order chi connectivity index (χ1) is 9.21. The Kier molecular flexibility index (Phi) is 6.89. The Morgan fingerprint density at radius 1 is 1.32 bits per heavy atom. The summed E-state index contributed by atoms with van der Waals surface area (Å²) >= 11 is 0. The second-order valence-electron chi connectivity index (χ2n) is 4.65. The molecule has 1 amide bonds. The lowest BCUT2D eigenvalue weighted by Crippen LogP contribution is -2.35. The molecule has 0 bridgehead atoms. The molecule has 1 aromatic rings. The van der Waals surface area contributed by atoms with Gasteiger partial charge in [-0.05, 0) is 25.0 Å². The maximum atomic E-state index is 12.1. The van der Waals surface area contributed by atoms with Crippen LogP contribution in [0.3, 0.4) is 0 Å². The molecule has 0 aromatic carbocycles. The Hall–Kier alpha value is -1.62. The van der Waals surface area contributed by atoms with Crippen LogP contribution in [-0.4, -0.2) is 16.9 Å². The Labute approximate surface area is 115 Å². The van der Waals surface area contributed by atoms with Crippen LogP contribution in [0.25, 0.3) is 0 Å². The quantitative estimate of drug-likeness (QED) is 0.497. The number of nitrogens with zero attached hydrogens (tertiary/aromatic N) is 1. The summed E-state index contributed by atoms with van der Waals surface area (Å²) in [4.78, 5) is 16.3. The Morgan fingerprint density at radius 2 is 2.11 bits per heavy atom. The van der Waals surface area contributed by atoms with Crippen molar-refractivity contribution in [1.29, 1.82) is 0 Å². The number of nitrogen functional groups attached to an aromatic ring is 1. The monoisotopic (exact) mass is 264 g/mol. The molecular weight excluding hydrogens is 240 g/mol. The molecule has 5 heteroatoms. The van der Waals surface area contributed by atoms with E-state index >= 15 is 0 Å². The lowest BCUT2D eigenvalue weighted by Gasteiger charge is -2.17. The number of hydrogen-bond acceptors (Lipinski definition) is 4. The molecule has 0 saturated carbocycles. The molecule has 106 valence electrons. The van der Waals surface area contributed by atoms with Crippen molar-refractivity contribution in [3.8, 4) is 0 Å². The third-order valence-corrected chi connectivity index (χ3v) is 3.01. The van der Waals surface area contributed by atoms with Gasteiger partial charge in [-0.2, -0.15) is 0 Å². The first-order valence-electron chi connectivity index (χ1n) is 6.95. The number of hydrazine groups is 1. The summed E-state index contributed by atoms with van der Waals surface area (Å²) in [7, 11) is 0. The van der Waals surface area contributed by atoms with Crippen molar-refractivity contribution < 1.29 is 4.79 Å². The van der Waals surface area contributed by atoms with E-state index in [1.54, 1.807) is 18.2 Å². The van der Waals surface area contributed by atoms with E-state index in [-0.39, 0.29) is 11.9 Å². The van der Waals surface area contributed by atoms with Crippen LogP contribution in [0.4, 0.5) is 5.82 Å². The topological polar surface area (TPSA) is 80.0 Å². The third-order valence-electron chi connectivity index (χ3n) is 3.01. The molecule has 0 radical (unpaired) electrons. The zero-order valence-electron chi connectivity index (χ0n) is 11.8. The van der Waals surface area contributed by atoms with Gasteiger partial charge in [-0.15, -0.1) is 0 Å². The third kappa shape index (κ3) is 5.26. The normalized spacial score (nSPS) is 11.9. The number of hydrogen-bond donors (Lipinski definition) is 3. The lowest BCUT2D eigenvalue weighted by molar-refractivity contribution is 0.0927. The molecule has 0 aliphatic heterocycles. The molecule has 5 nitrogen and oxygen atoms in total. The molecule has 1 unspecified atom stereocenters. The number of rotatable bonds is 8. The molecule has 0 aliphatic carbocycles. The maximum absolute atomic E-state index is 12.1. The van der Waals surface area contributed by atoms with Gasteiger partial charge in [0.15, 0.2) is 0 Å². The van der Waals surface area contributed by atoms with E-state index < -0.39 is 0 Å². The van der Waals surface area contributed by atoms with E-state index in [0.717, 1.165) is 32.1 Å². The number of aromatic nitrogens is 1. The molecule has 1 aromatic heterocycles. The molecule has 4 N–H and O–H groups in total. The van der Waals surface area contributed by atoms with Gasteiger partial charge in [-0.25, -0.2) is 10.8 Å². The van der Waals surface area contributed by atoms with Crippen molar-refractivity contribution in [2.75, 3.05) is 5.43 Å². The second kappa shape index (κ2) is 8.48. The predicted molar refractivity (Wildman–Crippen MR) is 77.7 cm³/mol. The number of pyridine rings is 1. The summed E-state index contributed by atoms with van der Waals surface area (Å²) in [5.74, 6) is 5.65. The summed E-state index contributed by atoms with van der Waals surface area (Å²) in [6.45, 7) is 4.28. The number of anilines is 1. The van der Waals surface area contributed by atoms with Gasteiger partial charge < -0.3 is 10.7 Å². The number of amides is 1. The number of unbranched alkanes of at least 4 members (excludes halogenated alkanes) is 1. The van der Waals surface area contributed by atoms with Crippen LogP contribution in [0.5, 0.6) is 0 Å². The number of carbonyl (C=O) groups excluding carboxylic acids is 1. The van der Waals surface area contributed by atoms with Gasteiger partial charge >= 0.3 is 0 Å². The summed E-state index contributed by atoms with van der Waals surface area (Å²) < 4.78 is 0. The Morgan fingerprint density at radius 3 is 2.74 bits per heavy atom. The molecule has 1 rings (SSSR count). The molecule has 0 fully saturated rings. The zero-order chi connectivity index (χ0) is 14.1. The predicted octanol–water partition coefficient (Wildman–Crippen LogP) is 2.46. The summed E-state index contributed by atoms with van der Waals surface area (Å²) in [5, 5.41) is 3.05. The fourth-order valence-corrected chi connectivity index (χ4v) is 1.99. The van der Waals surface area contributed by atoms with Crippen molar-refractivity contribution in [2.45, 2.75) is 52.0 Å². The highest BCUT2D eigenvalue weighted by atomic mass is 16.1. The zero-order valence-corrected chi connectivity index (χ0v) is 11.8. The van der Waals surface area contributed by atoms with Crippen LogP contribution in [0.2, 0.25) is 0 Å². The Balaban J connectivity index is 2.64. The summed E-state index contributed by atoms with van der Waals surface area (Å²) in [6, 6.07) is 5.41. The van der Waals surface area contributed by atoms with E-state index in [2.05, 4.69) is 29.6 Å². The first-order valence-corrected chi connectivity index (χ1v) is 6.95. The molecule has 1 atom stereocenters. The molecule has 19 heavy (non-hydrogen) atoms. The number of nitrogens with two attached hydrogens (primary N) is 1. The van der Waals surface area contributed by atoms with Crippen molar-refractivity contribution in [3.05, 3.63) is 23.9 Å². The van der Waals surface area contributed by atoms with Crippen LogP contribution in [0.15, 0.2) is 18.2 Å². The van der Waals surface area contributed by atoms with Gasteiger partial charge in [-0.1, -0.05) is 39.2 Å². The van der Waals surface area contributed by atoms with E-state index in [9.17, 15) is 4.79 Å². The minimum Gasteiger partial charge on any atom is -0.348 e.